The summed E-state index contributed by atoms with van der Waals surface area (Å²) in [6, 6.07) is 11.5. The van der Waals surface area contributed by atoms with E-state index in [1.165, 1.54) is 0 Å². The number of ether oxygens (including phenoxy) is 2. The van der Waals surface area contributed by atoms with Crippen LogP contribution in [0.5, 0.6) is 5.88 Å². The highest BCUT2D eigenvalue weighted by Gasteiger charge is 2.23. The number of unbranched alkanes of at least 4 members (excludes halogenated alkanes) is 1. The normalized spacial score (nSPS) is 11.9. The number of hydrogen-bond donors (Lipinski definition) is 2. The van der Waals surface area contributed by atoms with Crippen LogP contribution in [0.2, 0.25) is 0 Å². The van der Waals surface area contributed by atoms with Crippen molar-refractivity contribution in [3.8, 4) is 5.88 Å². The topological polar surface area (TPSA) is 124 Å². The standard InChI is InChI=1S/C23H31N3O6S/c1-3-4-14-31-22-19(11-8-13-24-22)16-25-21(27)20(12-15-33(2,29)30)26-23(28)32-17-18-9-6-5-7-10-18/h5-11,13,20H,3-4,12,14-17H2,1-2H3,(H,25,27)(H,26,28). The van der Waals surface area contributed by atoms with Gasteiger partial charge in [-0.1, -0.05) is 49.7 Å². The van der Waals surface area contributed by atoms with Gasteiger partial charge in [-0.2, -0.15) is 0 Å². The van der Waals surface area contributed by atoms with Gasteiger partial charge in [-0.05, 0) is 24.5 Å². The molecule has 2 amide bonds. The molecule has 0 bridgehead atoms. The van der Waals surface area contributed by atoms with Gasteiger partial charge < -0.3 is 20.1 Å². The molecular weight excluding hydrogens is 446 g/mol. The zero-order valence-electron chi connectivity index (χ0n) is 19.0. The molecule has 2 rings (SSSR count). The van der Waals surface area contributed by atoms with Crippen molar-refractivity contribution >= 4 is 21.8 Å². The van der Waals surface area contributed by atoms with Gasteiger partial charge in [0.1, 0.15) is 22.5 Å². The zero-order valence-corrected chi connectivity index (χ0v) is 19.8. The third-order valence-electron chi connectivity index (χ3n) is 4.64. The number of carbonyl (C=O) groups is 2. The summed E-state index contributed by atoms with van der Waals surface area (Å²) in [5.74, 6) is -0.365. The lowest BCUT2D eigenvalue weighted by atomic mass is 10.2. The number of nitrogens with zero attached hydrogens (tertiary/aromatic N) is 1. The maximum Gasteiger partial charge on any atom is 0.408 e. The molecule has 1 aromatic carbocycles. The van der Waals surface area contributed by atoms with E-state index in [-0.39, 0.29) is 25.3 Å². The van der Waals surface area contributed by atoms with Crippen molar-refractivity contribution in [2.45, 2.75) is 45.4 Å². The van der Waals surface area contributed by atoms with Crippen molar-refractivity contribution in [1.29, 1.82) is 0 Å². The highest BCUT2D eigenvalue weighted by atomic mass is 32.2. The number of nitrogens with one attached hydrogen (secondary N) is 2. The number of pyridine rings is 1. The SMILES string of the molecule is CCCCOc1ncccc1CNC(=O)C(CCS(C)(=O)=O)NC(=O)OCc1ccccc1. The van der Waals surface area contributed by atoms with Crippen molar-refractivity contribution in [2.75, 3.05) is 18.6 Å². The van der Waals surface area contributed by atoms with E-state index in [0.717, 1.165) is 24.7 Å². The van der Waals surface area contributed by atoms with Gasteiger partial charge in [0.2, 0.25) is 11.8 Å². The molecule has 1 unspecified atom stereocenters. The summed E-state index contributed by atoms with van der Waals surface area (Å²) < 4.78 is 34.0. The summed E-state index contributed by atoms with van der Waals surface area (Å²) in [4.78, 5) is 29.2. The van der Waals surface area contributed by atoms with E-state index in [1.54, 1.807) is 30.5 Å². The molecule has 1 heterocycles. The Morgan fingerprint density at radius 1 is 1.12 bits per heavy atom. The highest BCUT2D eigenvalue weighted by molar-refractivity contribution is 7.90. The van der Waals surface area contributed by atoms with E-state index < -0.39 is 27.9 Å². The van der Waals surface area contributed by atoms with Gasteiger partial charge in [0.25, 0.3) is 0 Å². The largest absolute Gasteiger partial charge is 0.477 e. The van der Waals surface area contributed by atoms with Crippen LogP contribution >= 0.6 is 0 Å². The quantitative estimate of drug-likeness (QED) is 0.425. The summed E-state index contributed by atoms with van der Waals surface area (Å²) in [7, 11) is -3.33. The van der Waals surface area contributed by atoms with Crippen LogP contribution in [0.15, 0.2) is 48.7 Å². The van der Waals surface area contributed by atoms with Crippen LogP contribution < -0.4 is 15.4 Å². The van der Waals surface area contributed by atoms with Crippen LogP contribution in [0.3, 0.4) is 0 Å². The summed E-state index contributed by atoms with van der Waals surface area (Å²) in [6.07, 6.45) is 3.64. The van der Waals surface area contributed by atoms with Gasteiger partial charge in [-0.15, -0.1) is 0 Å². The van der Waals surface area contributed by atoms with Crippen LogP contribution in [-0.2, 0) is 32.5 Å². The molecule has 180 valence electrons. The van der Waals surface area contributed by atoms with E-state index in [4.69, 9.17) is 9.47 Å². The molecule has 1 aromatic heterocycles. The Labute approximate surface area is 194 Å². The first kappa shape index (κ1) is 26.1. The minimum absolute atomic E-state index is 0.0290. The molecule has 33 heavy (non-hydrogen) atoms. The minimum Gasteiger partial charge on any atom is -0.477 e. The third-order valence-corrected chi connectivity index (χ3v) is 5.62. The third kappa shape index (κ3) is 10.3. The number of sulfone groups is 1. The van der Waals surface area contributed by atoms with Crippen molar-refractivity contribution in [3.63, 3.8) is 0 Å². The molecule has 0 radical (unpaired) electrons. The maximum atomic E-state index is 12.8. The van der Waals surface area contributed by atoms with Crippen molar-refractivity contribution in [2.24, 2.45) is 0 Å². The van der Waals surface area contributed by atoms with E-state index in [0.29, 0.717) is 18.1 Å². The Morgan fingerprint density at radius 3 is 2.58 bits per heavy atom. The second-order valence-electron chi connectivity index (χ2n) is 7.56. The van der Waals surface area contributed by atoms with Crippen LogP contribution in [-0.4, -0.2) is 50.1 Å². The molecule has 2 N–H and O–H groups in total. The minimum atomic E-state index is -3.33. The molecule has 0 saturated carbocycles. The van der Waals surface area contributed by atoms with Gasteiger partial charge in [0, 0.05) is 24.6 Å². The Bertz CT molecular complexity index is 998. The maximum absolute atomic E-state index is 12.8. The lowest BCUT2D eigenvalue weighted by Crippen LogP contribution is -2.47. The number of hydrogen-bond acceptors (Lipinski definition) is 7. The molecule has 2 aromatic rings. The Hall–Kier alpha value is -3.14. The zero-order chi connectivity index (χ0) is 24.1. The Morgan fingerprint density at radius 2 is 1.88 bits per heavy atom. The molecular formula is C23H31N3O6S. The highest BCUT2D eigenvalue weighted by Crippen LogP contribution is 2.14. The second-order valence-corrected chi connectivity index (χ2v) is 9.82. The fourth-order valence-electron chi connectivity index (χ4n) is 2.82. The molecule has 0 fully saturated rings. The monoisotopic (exact) mass is 477 g/mol. The van der Waals surface area contributed by atoms with Gasteiger partial charge in [-0.25, -0.2) is 18.2 Å². The smallest absolute Gasteiger partial charge is 0.408 e. The van der Waals surface area contributed by atoms with Crippen LogP contribution in [0.1, 0.15) is 37.3 Å². The summed E-state index contributed by atoms with van der Waals surface area (Å²) >= 11 is 0. The summed E-state index contributed by atoms with van der Waals surface area (Å²) in [6.45, 7) is 2.71. The van der Waals surface area contributed by atoms with Crippen LogP contribution in [0.4, 0.5) is 4.79 Å². The predicted molar refractivity (Wildman–Crippen MR) is 124 cm³/mol. The van der Waals surface area contributed by atoms with Crippen LogP contribution in [0.25, 0.3) is 0 Å². The molecule has 9 nitrogen and oxygen atoms in total. The van der Waals surface area contributed by atoms with E-state index >= 15 is 0 Å². The van der Waals surface area contributed by atoms with E-state index in [2.05, 4.69) is 22.5 Å². The van der Waals surface area contributed by atoms with Crippen LogP contribution in [0, 0.1) is 0 Å². The second kappa shape index (κ2) is 13.4. The lowest BCUT2D eigenvalue weighted by Gasteiger charge is -2.18. The first-order valence-corrected chi connectivity index (χ1v) is 12.8. The first-order chi connectivity index (χ1) is 15.8. The van der Waals surface area contributed by atoms with Gasteiger partial charge >= 0.3 is 6.09 Å². The molecule has 0 aliphatic heterocycles. The van der Waals surface area contributed by atoms with Crippen molar-refractivity contribution in [3.05, 3.63) is 59.8 Å². The molecule has 10 heteroatoms. The Kier molecular flexibility index (Phi) is 10.6. The number of amides is 2. The first-order valence-electron chi connectivity index (χ1n) is 10.8. The molecule has 0 saturated heterocycles. The number of alkyl carbamates (subject to hydrolysis) is 1. The lowest BCUT2D eigenvalue weighted by molar-refractivity contribution is -0.123. The number of benzene rings is 1. The number of aromatic nitrogens is 1. The predicted octanol–water partition coefficient (Wildman–Crippen LogP) is 2.61. The summed E-state index contributed by atoms with van der Waals surface area (Å²) in [5, 5.41) is 5.19. The van der Waals surface area contributed by atoms with Gasteiger partial charge in [0.05, 0.1) is 12.4 Å². The Balaban J connectivity index is 1.98. The van der Waals surface area contributed by atoms with E-state index in [1.807, 2.05) is 18.2 Å². The van der Waals surface area contributed by atoms with E-state index in [9.17, 15) is 18.0 Å². The van der Waals surface area contributed by atoms with Crippen molar-refractivity contribution in [1.82, 2.24) is 15.6 Å². The molecule has 0 spiro atoms. The van der Waals surface area contributed by atoms with Crippen molar-refractivity contribution < 1.29 is 27.5 Å². The fraction of sp³-hybridized carbons (Fsp3) is 0.435. The molecule has 1 atom stereocenters. The van der Waals surface area contributed by atoms with Gasteiger partial charge in [-0.3, -0.25) is 4.79 Å². The average Bonchev–Trinajstić information content (AvgIpc) is 2.79. The summed E-state index contributed by atoms with van der Waals surface area (Å²) in [5.41, 5.74) is 1.47. The molecule has 0 aliphatic carbocycles. The fourth-order valence-corrected chi connectivity index (χ4v) is 3.48. The molecule has 0 aliphatic rings. The number of rotatable bonds is 13. The average molecular weight is 478 g/mol. The van der Waals surface area contributed by atoms with Gasteiger partial charge in [0.15, 0.2) is 0 Å². The number of carbonyl (C=O) groups excluding carboxylic acids is 2.